The summed E-state index contributed by atoms with van der Waals surface area (Å²) in [5.41, 5.74) is 3.20. The summed E-state index contributed by atoms with van der Waals surface area (Å²) in [6.45, 7) is 9.27. The van der Waals surface area contributed by atoms with Gasteiger partial charge < -0.3 is 4.90 Å². The van der Waals surface area contributed by atoms with Crippen molar-refractivity contribution in [1.29, 1.82) is 0 Å². The van der Waals surface area contributed by atoms with Gasteiger partial charge in [0.1, 0.15) is 0 Å². The third-order valence-corrected chi connectivity index (χ3v) is 6.30. The number of hydrogen-bond acceptors (Lipinski definition) is 1. The molecule has 72 valence electrons. The number of rotatable bonds is 4. The molecule has 0 bridgehead atoms. The van der Waals surface area contributed by atoms with Crippen molar-refractivity contribution in [1.82, 2.24) is 4.90 Å². The maximum absolute atomic E-state index is 2.43. The molecule has 12 heavy (non-hydrogen) atoms. The summed E-state index contributed by atoms with van der Waals surface area (Å²) in [6, 6.07) is 0. The lowest BCUT2D eigenvalue weighted by Gasteiger charge is -2.34. The Morgan fingerprint density at radius 2 is 1.83 bits per heavy atom. The minimum Gasteiger partial charge on any atom is -0.309 e. The summed E-state index contributed by atoms with van der Waals surface area (Å²) in [5, 5.41) is 0. The Bertz CT molecular complexity index is 150. The molecule has 0 aliphatic heterocycles. The monoisotopic (exact) mass is 185 g/mol. The fourth-order valence-electron chi connectivity index (χ4n) is 2.10. The lowest BCUT2D eigenvalue weighted by Crippen LogP contribution is -2.48. The van der Waals surface area contributed by atoms with Crippen molar-refractivity contribution in [2.24, 2.45) is 0 Å². The molecule has 0 spiro atoms. The molecule has 0 fully saturated rings. The summed E-state index contributed by atoms with van der Waals surface area (Å²) in [4.78, 5) is 2.37. The Hall–Kier alpha value is -0.0831. The quantitative estimate of drug-likeness (QED) is 0.609. The van der Waals surface area contributed by atoms with E-state index in [-0.39, 0.29) is 0 Å². The van der Waals surface area contributed by atoms with E-state index in [0.29, 0.717) is 0 Å². The highest BCUT2D eigenvalue weighted by atomic mass is 28.3. The van der Waals surface area contributed by atoms with Crippen LogP contribution in [0, 0.1) is 0 Å². The second-order valence-electron chi connectivity index (χ2n) is 4.21. The number of nitrogens with zero attached hydrogens (tertiary/aromatic N) is 1. The smallest absolute Gasteiger partial charge is 0.0895 e. The highest BCUT2D eigenvalue weighted by molar-refractivity contribution is 6.83. The normalized spacial score (nSPS) is 15.9. The number of allylic oxidation sites excluding steroid dienone is 1. The molecule has 0 aromatic rings. The fourth-order valence-corrected chi connectivity index (χ4v) is 5.56. The van der Waals surface area contributed by atoms with E-state index in [1.807, 2.05) is 0 Å². The van der Waals surface area contributed by atoms with Gasteiger partial charge in [-0.1, -0.05) is 31.8 Å². The molecule has 0 aliphatic carbocycles. The van der Waals surface area contributed by atoms with E-state index < -0.39 is 8.07 Å². The average molecular weight is 185 g/mol. The first kappa shape index (κ1) is 11.9. The molecule has 0 saturated carbocycles. The van der Waals surface area contributed by atoms with E-state index in [2.05, 4.69) is 57.7 Å². The molecule has 0 saturated heterocycles. The molecule has 1 atom stereocenters. The van der Waals surface area contributed by atoms with Crippen LogP contribution < -0.4 is 0 Å². The van der Waals surface area contributed by atoms with E-state index >= 15 is 0 Å². The van der Waals surface area contributed by atoms with Gasteiger partial charge in [0, 0.05) is 5.67 Å². The SMILES string of the molecule is CC=C[Si](C)(C)C(CC)N(C)C. The van der Waals surface area contributed by atoms with Crippen LogP contribution in [0.25, 0.3) is 0 Å². The number of hydrogen-bond donors (Lipinski definition) is 0. The van der Waals surface area contributed by atoms with Gasteiger partial charge >= 0.3 is 0 Å². The first-order valence-corrected chi connectivity index (χ1v) is 7.91. The standard InChI is InChI=1S/C10H23NSi/c1-7-9-12(5,6)10(8-2)11(3)4/h7,9-10H,8H2,1-6H3. The zero-order valence-electron chi connectivity index (χ0n) is 9.39. The summed E-state index contributed by atoms with van der Waals surface area (Å²) < 4.78 is 0. The van der Waals surface area contributed by atoms with E-state index in [1.54, 1.807) is 0 Å². The van der Waals surface area contributed by atoms with Crippen LogP contribution in [-0.4, -0.2) is 32.7 Å². The van der Waals surface area contributed by atoms with Crippen LogP contribution in [0.3, 0.4) is 0 Å². The van der Waals surface area contributed by atoms with Crippen LogP contribution in [0.1, 0.15) is 20.3 Å². The maximum atomic E-state index is 2.43. The van der Waals surface area contributed by atoms with Gasteiger partial charge in [-0.05, 0) is 27.4 Å². The van der Waals surface area contributed by atoms with Gasteiger partial charge in [-0.15, -0.1) is 0 Å². The van der Waals surface area contributed by atoms with Crippen LogP contribution >= 0.6 is 0 Å². The molecular weight excluding hydrogens is 162 g/mol. The Kier molecular flexibility index (Phi) is 4.79. The van der Waals surface area contributed by atoms with Crippen molar-refractivity contribution in [2.45, 2.75) is 39.0 Å². The van der Waals surface area contributed by atoms with Gasteiger partial charge in [0.25, 0.3) is 0 Å². The summed E-state index contributed by atoms with van der Waals surface area (Å²) in [6.07, 6.45) is 3.47. The Balaban J connectivity index is 4.47. The van der Waals surface area contributed by atoms with Gasteiger partial charge in [0.15, 0.2) is 0 Å². The molecular formula is C10H23NSi. The first-order valence-electron chi connectivity index (χ1n) is 4.76. The minimum absolute atomic E-state index is 0.772. The highest BCUT2D eigenvalue weighted by Gasteiger charge is 2.28. The van der Waals surface area contributed by atoms with Crippen molar-refractivity contribution < 1.29 is 0 Å². The molecule has 0 N–H and O–H groups in total. The van der Waals surface area contributed by atoms with E-state index in [9.17, 15) is 0 Å². The highest BCUT2D eigenvalue weighted by Crippen LogP contribution is 2.17. The van der Waals surface area contributed by atoms with Crippen molar-refractivity contribution >= 4 is 8.07 Å². The topological polar surface area (TPSA) is 3.24 Å². The summed E-state index contributed by atoms with van der Waals surface area (Å²) >= 11 is 0. The fraction of sp³-hybridized carbons (Fsp3) is 0.800. The van der Waals surface area contributed by atoms with E-state index in [1.165, 1.54) is 6.42 Å². The third kappa shape index (κ3) is 3.11. The van der Waals surface area contributed by atoms with E-state index in [4.69, 9.17) is 0 Å². The molecule has 1 unspecified atom stereocenters. The summed E-state index contributed by atoms with van der Waals surface area (Å²) in [7, 11) is 3.22. The van der Waals surface area contributed by atoms with Crippen LogP contribution in [0.4, 0.5) is 0 Å². The predicted octanol–water partition coefficient (Wildman–Crippen LogP) is 2.69. The van der Waals surface area contributed by atoms with Crippen LogP contribution in [0.15, 0.2) is 11.8 Å². The zero-order valence-corrected chi connectivity index (χ0v) is 10.4. The van der Waals surface area contributed by atoms with Crippen molar-refractivity contribution in [3.63, 3.8) is 0 Å². The Morgan fingerprint density at radius 1 is 1.33 bits per heavy atom. The largest absolute Gasteiger partial charge is 0.309 e. The minimum atomic E-state index is -1.15. The Morgan fingerprint density at radius 3 is 2.08 bits per heavy atom. The van der Waals surface area contributed by atoms with E-state index in [0.717, 1.165) is 5.67 Å². The molecule has 0 radical (unpaired) electrons. The predicted molar refractivity (Wildman–Crippen MR) is 60.1 cm³/mol. The maximum Gasteiger partial charge on any atom is 0.0895 e. The van der Waals surface area contributed by atoms with Crippen LogP contribution in [0.2, 0.25) is 13.1 Å². The average Bonchev–Trinajstić information content (AvgIpc) is 1.86. The van der Waals surface area contributed by atoms with Crippen LogP contribution in [0.5, 0.6) is 0 Å². The lowest BCUT2D eigenvalue weighted by molar-refractivity contribution is 0.357. The van der Waals surface area contributed by atoms with Crippen LogP contribution in [-0.2, 0) is 0 Å². The van der Waals surface area contributed by atoms with Gasteiger partial charge in [-0.3, -0.25) is 0 Å². The first-order chi connectivity index (χ1) is 5.45. The molecule has 0 aromatic heterocycles. The van der Waals surface area contributed by atoms with Gasteiger partial charge in [0.05, 0.1) is 8.07 Å². The molecule has 2 heteroatoms. The molecule has 1 nitrogen and oxygen atoms in total. The Labute approximate surface area is 78.5 Å². The second kappa shape index (κ2) is 4.82. The third-order valence-electron chi connectivity index (χ3n) is 2.47. The molecule has 0 rings (SSSR count). The second-order valence-corrected chi connectivity index (χ2v) is 8.85. The van der Waals surface area contributed by atoms with Gasteiger partial charge in [-0.2, -0.15) is 0 Å². The molecule has 0 aliphatic rings. The van der Waals surface area contributed by atoms with Crippen molar-refractivity contribution in [3.8, 4) is 0 Å². The molecule has 0 aromatic carbocycles. The van der Waals surface area contributed by atoms with Crippen molar-refractivity contribution in [3.05, 3.63) is 11.8 Å². The summed E-state index contributed by atoms with van der Waals surface area (Å²) in [5.74, 6) is 0. The molecule has 0 heterocycles. The van der Waals surface area contributed by atoms with Gasteiger partial charge in [-0.25, -0.2) is 0 Å². The zero-order chi connectivity index (χ0) is 9.78. The van der Waals surface area contributed by atoms with Gasteiger partial charge in [0.2, 0.25) is 0 Å². The lowest BCUT2D eigenvalue weighted by atomic mass is 10.4. The molecule has 0 amide bonds. The van der Waals surface area contributed by atoms with Crippen molar-refractivity contribution in [2.75, 3.05) is 14.1 Å².